The molecule has 42 heavy (non-hydrogen) atoms. The Labute approximate surface area is 241 Å². The first kappa shape index (κ1) is 28.1. The van der Waals surface area contributed by atoms with Gasteiger partial charge in [-0.1, -0.05) is 0 Å². The number of aromatic nitrogens is 5. The van der Waals surface area contributed by atoms with Gasteiger partial charge in [-0.25, -0.2) is 33.1 Å². The maximum atomic E-state index is 15.0. The smallest absolute Gasteiger partial charge is 0.255 e. The molecule has 1 amide bonds. The molecule has 2 aliphatic rings. The molecule has 0 bridgehead atoms. The zero-order valence-electron chi connectivity index (χ0n) is 24.0. The molecule has 2 unspecified atom stereocenters. The first-order chi connectivity index (χ1) is 20.1. The largest absolute Gasteiger partial charge is 0.338 e. The predicted octanol–water partition coefficient (Wildman–Crippen LogP) is 5.41. The Kier molecular flexibility index (Phi) is 7.34. The van der Waals surface area contributed by atoms with Crippen LogP contribution in [0.15, 0.2) is 30.5 Å². The third-order valence-electron chi connectivity index (χ3n) is 7.96. The molecule has 2 N–H and O–H groups in total. The van der Waals surface area contributed by atoms with Gasteiger partial charge in [0.2, 0.25) is 5.95 Å². The molecule has 9 nitrogen and oxygen atoms in total. The van der Waals surface area contributed by atoms with E-state index in [1.807, 2.05) is 18.4 Å². The number of carbonyl (C=O) groups excluding carboxylic acids is 1. The normalized spacial score (nSPS) is 19.1. The van der Waals surface area contributed by atoms with Crippen molar-refractivity contribution in [3.63, 3.8) is 0 Å². The Bertz CT molecular complexity index is 1660. The minimum absolute atomic E-state index is 0.0305. The first-order valence-corrected chi connectivity index (χ1v) is 14.2. The van der Waals surface area contributed by atoms with Crippen LogP contribution >= 0.6 is 0 Å². The number of fused-ring (bicyclic) bond motifs is 1. The Morgan fingerprint density at radius 1 is 1.05 bits per heavy atom. The predicted molar refractivity (Wildman–Crippen MR) is 153 cm³/mol. The number of aryl methyl sites for hydroxylation is 2. The van der Waals surface area contributed by atoms with Crippen molar-refractivity contribution in [2.24, 2.45) is 0 Å². The van der Waals surface area contributed by atoms with Gasteiger partial charge in [-0.15, -0.1) is 0 Å². The maximum absolute atomic E-state index is 15.0. The summed E-state index contributed by atoms with van der Waals surface area (Å²) in [6.45, 7) is 8.68. The highest BCUT2D eigenvalue weighted by Crippen LogP contribution is 2.31. The minimum Gasteiger partial charge on any atom is -0.338 e. The number of nitrogens with one attached hydrogen (secondary N) is 2. The summed E-state index contributed by atoms with van der Waals surface area (Å²) in [6.07, 6.45) is 2.42. The summed E-state index contributed by atoms with van der Waals surface area (Å²) >= 11 is 0. The van der Waals surface area contributed by atoms with Gasteiger partial charge in [0.05, 0.1) is 23.0 Å². The molecule has 4 heterocycles. The third kappa shape index (κ3) is 5.42. The van der Waals surface area contributed by atoms with Crippen molar-refractivity contribution in [3.05, 3.63) is 59.2 Å². The number of anilines is 2. The van der Waals surface area contributed by atoms with E-state index in [9.17, 15) is 13.6 Å². The Balaban J connectivity index is 1.18. The third-order valence-corrected chi connectivity index (χ3v) is 7.96. The minimum atomic E-state index is -0.741. The van der Waals surface area contributed by atoms with Crippen LogP contribution in [0.25, 0.3) is 22.3 Å². The molecule has 2 atom stereocenters. The summed E-state index contributed by atoms with van der Waals surface area (Å²) in [5, 5.41) is 6.30. The fourth-order valence-corrected chi connectivity index (χ4v) is 5.72. The van der Waals surface area contributed by atoms with Crippen molar-refractivity contribution in [1.29, 1.82) is 0 Å². The lowest BCUT2D eigenvalue weighted by Gasteiger charge is -2.32. The first-order valence-electron chi connectivity index (χ1n) is 14.2. The van der Waals surface area contributed by atoms with Crippen LogP contribution in [-0.4, -0.2) is 66.7 Å². The fourth-order valence-electron chi connectivity index (χ4n) is 5.72. The Morgan fingerprint density at radius 3 is 2.45 bits per heavy atom. The van der Waals surface area contributed by atoms with E-state index >= 15 is 4.39 Å². The molecule has 12 heteroatoms. The van der Waals surface area contributed by atoms with E-state index in [1.54, 1.807) is 36.9 Å². The molecule has 0 spiro atoms. The number of imidazole rings is 1. The van der Waals surface area contributed by atoms with E-state index in [-0.39, 0.29) is 46.8 Å². The highest BCUT2D eigenvalue weighted by Gasteiger charge is 2.39. The number of piperidine rings is 1. The molecule has 2 fully saturated rings. The summed E-state index contributed by atoms with van der Waals surface area (Å²) in [6, 6.07) is 6.46. The fraction of sp³-hybridized carbons (Fsp3) is 0.433. The van der Waals surface area contributed by atoms with Gasteiger partial charge in [0, 0.05) is 36.8 Å². The molecule has 4 aromatic rings. The topological polar surface area (TPSA) is 101 Å². The number of alkyl halides is 1. The van der Waals surface area contributed by atoms with Crippen LogP contribution in [0.3, 0.4) is 0 Å². The average molecular weight is 579 g/mol. The second kappa shape index (κ2) is 11.0. The number of amides is 1. The molecule has 1 saturated carbocycles. The summed E-state index contributed by atoms with van der Waals surface area (Å²) in [5.74, 6) is -0.245. The van der Waals surface area contributed by atoms with Crippen LogP contribution in [0.1, 0.15) is 61.0 Å². The van der Waals surface area contributed by atoms with E-state index in [2.05, 4.69) is 30.6 Å². The van der Waals surface area contributed by atoms with Crippen LogP contribution in [-0.2, 0) is 0 Å². The number of halogens is 3. The van der Waals surface area contributed by atoms with E-state index in [1.165, 1.54) is 6.07 Å². The maximum Gasteiger partial charge on any atom is 0.255 e. The number of nitrogens with zero attached hydrogens (tertiary/aromatic N) is 6. The van der Waals surface area contributed by atoms with Gasteiger partial charge in [0.15, 0.2) is 11.6 Å². The van der Waals surface area contributed by atoms with Crippen LogP contribution < -0.4 is 10.6 Å². The van der Waals surface area contributed by atoms with Gasteiger partial charge in [-0.3, -0.25) is 4.79 Å². The number of hydrogen-bond acceptors (Lipinski definition) is 7. The SMILES string of the molecule is Cc1nc(Nc2ncc(F)c(-c3cc(F)c4nc(C)n(C(C)C)c4c3)n2)ccc1C(=O)N1CCC(NC2CC2F)CC1. The zero-order valence-corrected chi connectivity index (χ0v) is 24.0. The van der Waals surface area contributed by atoms with Crippen molar-refractivity contribution in [2.75, 3.05) is 18.4 Å². The van der Waals surface area contributed by atoms with Crippen LogP contribution in [0, 0.1) is 25.5 Å². The van der Waals surface area contributed by atoms with Crippen molar-refractivity contribution in [2.45, 2.75) is 71.3 Å². The number of hydrogen-bond donors (Lipinski definition) is 2. The van der Waals surface area contributed by atoms with Gasteiger partial charge in [0.1, 0.15) is 29.0 Å². The van der Waals surface area contributed by atoms with E-state index in [4.69, 9.17) is 0 Å². The quantitative estimate of drug-likeness (QED) is 0.302. The average Bonchev–Trinajstić information content (AvgIpc) is 3.52. The molecule has 6 rings (SSSR count). The molecule has 3 aromatic heterocycles. The summed E-state index contributed by atoms with van der Waals surface area (Å²) < 4.78 is 45.0. The van der Waals surface area contributed by atoms with Gasteiger partial charge in [0.25, 0.3) is 5.91 Å². The van der Waals surface area contributed by atoms with Crippen molar-refractivity contribution < 1.29 is 18.0 Å². The van der Waals surface area contributed by atoms with Crippen molar-refractivity contribution in [1.82, 2.24) is 34.7 Å². The standard InChI is InChI=1S/C30H33F3N8O/c1-15(2)41-17(4)36-28-22(32)11-18(12-25(28)41)27-23(33)14-34-30(39-27)38-26-6-5-20(16(3)35-26)29(42)40-9-7-19(8-10-40)37-24-13-21(24)31/h5-6,11-12,14-15,19,21,24,37H,7-10,13H2,1-4H3,(H,34,35,38,39). The summed E-state index contributed by atoms with van der Waals surface area (Å²) in [5.41, 5.74) is 1.99. The molecule has 1 aromatic carbocycles. The Morgan fingerprint density at radius 2 is 1.79 bits per heavy atom. The second-order valence-corrected chi connectivity index (χ2v) is 11.4. The zero-order chi connectivity index (χ0) is 29.7. The van der Waals surface area contributed by atoms with E-state index < -0.39 is 17.8 Å². The highest BCUT2D eigenvalue weighted by atomic mass is 19.1. The molecule has 1 aliphatic heterocycles. The Hall–Kier alpha value is -4.06. The molecular formula is C30H33F3N8O. The second-order valence-electron chi connectivity index (χ2n) is 11.4. The van der Waals surface area contributed by atoms with Crippen molar-refractivity contribution >= 4 is 28.7 Å². The van der Waals surface area contributed by atoms with Gasteiger partial charge >= 0.3 is 0 Å². The lowest BCUT2D eigenvalue weighted by atomic mass is 10.0. The highest BCUT2D eigenvalue weighted by molar-refractivity contribution is 5.95. The summed E-state index contributed by atoms with van der Waals surface area (Å²) in [4.78, 5) is 32.2. The monoisotopic (exact) mass is 578 g/mol. The number of benzene rings is 1. The molecule has 0 radical (unpaired) electrons. The number of pyridine rings is 1. The van der Waals surface area contributed by atoms with Gasteiger partial charge < -0.3 is 20.1 Å². The molecule has 1 saturated heterocycles. The lowest BCUT2D eigenvalue weighted by molar-refractivity contribution is 0.0703. The number of likely N-dealkylation sites (tertiary alicyclic amines) is 1. The molecular weight excluding hydrogens is 545 g/mol. The van der Waals surface area contributed by atoms with Crippen molar-refractivity contribution in [3.8, 4) is 11.3 Å². The van der Waals surface area contributed by atoms with Crippen LogP contribution in [0.5, 0.6) is 0 Å². The van der Waals surface area contributed by atoms with Gasteiger partial charge in [-0.2, -0.15) is 0 Å². The summed E-state index contributed by atoms with van der Waals surface area (Å²) in [7, 11) is 0. The number of carbonyl (C=O) groups is 1. The van der Waals surface area contributed by atoms with E-state index in [0.29, 0.717) is 47.9 Å². The van der Waals surface area contributed by atoms with Crippen LogP contribution in [0.2, 0.25) is 0 Å². The number of rotatable bonds is 7. The molecule has 220 valence electrons. The molecule has 1 aliphatic carbocycles. The lowest BCUT2D eigenvalue weighted by Crippen LogP contribution is -2.46. The van der Waals surface area contributed by atoms with Gasteiger partial charge in [-0.05, 0) is 71.2 Å². The van der Waals surface area contributed by atoms with Crippen LogP contribution in [0.4, 0.5) is 24.9 Å². The van der Waals surface area contributed by atoms with E-state index in [0.717, 1.165) is 19.0 Å².